The van der Waals surface area contributed by atoms with E-state index in [0.717, 1.165) is 5.56 Å². The Kier molecular flexibility index (Phi) is 4.59. The van der Waals surface area contributed by atoms with E-state index in [-0.39, 0.29) is 5.78 Å². The first-order chi connectivity index (χ1) is 8.75. The van der Waals surface area contributed by atoms with Crippen LogP contribution in [0.3, 0.4) is 0 Å². The number of rotatable bonds is 5. The van der Waals surface area contributed by atoms with Crippen LogP contribution in [0.15, 0.2) is 65.6 Å². The summed E-state index contributed by atoms with van der Waals surface area (Å²) in [6.07, 6.45) is 0.573. The fraction of sp³-hybridized carbons (Fsp3) is 0.188. The molecule has 1 atom stereocenters. The molecule has 2 aromatic carbocycles. The van der Waals surface area contributed by atoms with Gasteiger partial charge in [0.25, 0.3) is 0 Å². The van der Waals surface area contributed by atoms with Crippen molar-refractivity contribution in [2.45, 2.75) is 23.5 Å². The number of hydrogen-bond acceptors (Lipinski definition) is 2. The molecule has 0 aliphatic carbocycles. The van der Waals surface area contributed by atoms with Gasteiger partial charge in [-0.2, -0.15) is 0 Å². The van der Waals surface area contributed by atoms with Gasteiger partial charge in [-0.25, -0.2) is 0 Å². The van der Waals surface area contributed by atoms with Crippen molar-refractivity contribution < 1.29 is 4.79 Å². The third kappa shape index (κ3) is 3.74. The second kappa shape index (κ2) is 6.41. The molecular formula is C16H16OS. The van der Waals surface area contributed by atoms with Crippen LogP contribution in [0, 0.1) is 0 Å². The Hall–Kier alpha value is -1.54. The summed E-state index contributed by atoms with van der Waals surface area (Å²) in [4.78, 5) is 13.2. The second-order valence-corrected chi connectivity index (χ2v) is 5.75. The molecule has 0 saturated carbocycles. The van der Waals surface area contributed by atoms with E-state index in [0.29, 0.717) is 11.7 Å². The SMILES string of the molecule is CC(CC(=O)c1ccccc1)Sc1ccccc1. The molecule has 0 fully saturated rings. The molecule has 1 unspecified atom stereocenters. The highest BCUT2D eigenvalue weighted by Crippen LogP contribution is 2.25. The molecule has 0 aliphatic heterocycles. The topological polar surface area (TPSA) is 17.1 Å². The lowest BCUT2D eigenvalue weighted by atomic mass is 10.1. The molecule has 0 amide bonds. The van der Waals surface area contributed by atoms with Crippen molar-refractivity contribution in [3.8, 4) is 0 Å². The van der Waals surface area contributed by atoms with Gasteiger partial charge >= 0.3 is 0 Å². The highest BCUT2D eigenvalue weighted by molar-refractivity contribution is 8.00. The van der Waals surface area contributed by atoms with Gasteiger partial charge in [0.05, 0.1) is 0 Å². The summed E-state index contributed by atoms with van der Waals surface area (Å²) in [6.45, 7) is 2.10. The fourth-order valence-corrected chi connectivity index (χ4v) is 2.79. The van der Waals surface area contributed by atoms with E-state index in [9.17, 15) is 4.79 Å². The molecule has 92 valence electrons. The van der Waals surface area contributed by atoms with Crippen LogP contribution >= 0.6 is 11.8 Å². The number of thioether (sulfide) groups is 1. The summed E-state index contributed by atoms with van der Waals surface area (Å²) >= 11 is 1.75. The van der Waals surface area contributed by atoms with Crippen molar-refractivity contribution in [1.82, 2.24) is 0 Å². The molecule has 0 bridgehead atoms. The van der Waals surface area contributed by atoms with Gasteiger partial charge < -0.3 is 0 Å². The first kappa shape index (κ1) is 12.9. The molecule has 2 heteroatoms. The largest absolute Gasteiger partial charge is 0.294 e. The molecule has 0 saturated heterocycles. The zero-order valence-electron chi connectivity index (χ0n) is 10.4. The van der Waals surface area contributed by atoms with Gasteiger partial charge in [-0.05, 0) is 12.1 Å². The molecule has 0 radical (unpaired) electrons. The number of ketones is 1. The first-order valence-corrected chi connectivity index (χ1v) is 6.93. The van der Waals surface area contributed by atoms with Crippen molar-refractivity contribution in [3.63, 3.8) is 0 Å². The Morgan fingerprint density at radius 2 is 1.56 bits per heavy atom. The summed E-state index contributed by atoms with van der Waals surface area (Å²) in [7, 11) is 0. The minimum absolute atomic E-state index is 0.214. The molecule has 0 N–H and O–H groups in total. The molecule has 2 aromatic rings. The maximum absolute atomic E-state index is 12.0. The lowest BCUT2D eigenvalue weighted by Crippen LogP contribution is -2.07. The summed E-state index contributed by atoms with van der Waals surface area (Å²) in [5.74, 6) is 0.214. The highest BCUT2D eigenvalue weighted by atomic mass is 32.2. The number of benzene rings is 2. The minimum atomic E-state index is 0.214. The minimum Gasteiger partial charge on any atom is -0.294 e. The molecule has 2 rings (SSSR count). The Labute approximate surface area is 112 Å². The monoisotopic (exact) mass is 256 g/mol. The highest BCUT2D eigenvalue weighted by Gasteiger charge is 2.11. The second-order valence-electron chi connectivity index (χ2n) is 4.23. The van der Waals surface area contributed by atoms with E-state index in [4.69, 9.17) is 0 Å². The maximum atomic E-state index is 12.0. The van der Waals surface area contributed by atoms with Crippen LogP contribution in [0.1, 0.15) is 23.7 Å². The van der Waals surface area contributed by atoms with Crippen molar-refractivity contribution in [3.05, 3.63) is 66.2 Å². The molecule has 18 heavy (non-hydrogen) atoms. The van der Waals surface area contributed by atoms with E-state index in [1.807, 2.05) is 48.5 Å². The first-order valence-electron chi connectivity index (χ1n) is 6.05. The van der Waals surface area contributed by atoms with Crippen LogP contribution in [0.5, 0.6) is 0 Å². The average molecular weight is 256 g/mol. The summed E-state index contributed by atoms with van der Waals surface area (Å²) in [5.41, 5.74) is 0.804. The maximum Gasteiger partial charge on any atom is 0.163 e. The van der Waals surface area contributed by atoms with E-state index in [2.05, 4.69) is 19.1 Å². The van der Waals surface area contributed by atoms with E-state index < -0.39 is 0 Å². The van der Waals surface area contributed by atoms with Crippen molar-refractivity contribution in [2.24, 2.45) is 0 Å². The number of hydrogen-bond donors (Lipinski definition) is 0. The van der Waals surface area contributed by atoms with Gasteiger partial charge in [0.1, 0.15) is 0 Å². The van der Waals surface area contributed by atoms with Crippen molar-refractivity contribution >= 4 is 17.5 Å². The Bertz CT molecular complexity index is 493. The van der Waals surface area contributed by atoms with Crippen molar-refractivity contribution in [2.75, 3.05) is 0 Å². The Morgan fingerprint density at radius 1 is 1.00 bits per heavy atom. The Morgan fingerprint density at radius 3 is 2.17 bits per heavy atom. The zero-order valence-corrected chi connectivity index (χ0v) is 11.2. The number of carbonyl (C=O) groups is 1. The Balaban J connectivity index is 1.92. The summed E-state index contributed by atoms with van der Waals surface area (Å²) < 4.78 is 0. The predicted octanol–water partition coefficient (Wildman–Crippen LogP) is 4.44. The lowest BCUT2D eigenvalue weighted by molar-refractivity contribution is 0.0983. The van der Waals surface area contributed by atoms with Crippen LogP contribution < -0.4 is 0 Å². The lowest BCUT2D eigenvalue weighted by Gasteiger charge is -2.10. The fourth-order valence-electron chi connectivity index (χ4n) is 1.78. The van der Waals surface area contributed by atoms with Crippen LogP contribution in [0.2, 0.25) is 0 Å². The van der Waals surface area contributed by atoms with Gasteiger partial charge in [-0.3, -0.25) is 4.79 Å². The van der Waals surface area contributed by atoms with E-state index in [1.165, 1.54) is 4.90 Å². The third-order valence-electron chi connectivity index (χ3n) is 2.65. The third-order valence-corrected chi connectivity index (χ3v) is 3.76. The normalized spacial score (nSPS) is 12.1. The molecule has 0 aliphatic rings. The summed E-state index contributed by atoms with van der Waals surface area (Å²) in [5, 5.41) is 0.292. The van der Waals surface area contributed by atoms with Gasteiger partial charge in [0.2, 0.25) is 0 Å². The summed E-state index contributed by atoms with van der Waals surface area (Å²) in [6, 6.07) is 19.7. The van der Waals surface area contributed by atoms with Gasteiger partial charge in [-0.1, -0.05) is 55.5 Å². The van der Waals surface area contributed by atoms with Crippen LogP contribution in [0.25, 0.3) is 0 Å². The standard InChI is InChI=1S/C16H16OS/c1-13(18-15-10-6-3-7-11-15)12-16(17)14-8-4-2-5-9-14/h2-11,13H,12H2,1H3. The predicted molar refractivity (Wildman–Crippen MR) is 77.2 cm³/mol. The van der Waals surface area contributed by atoms with Crippen LogP contribution in [-0.4, -0.2) is 11.0 Å². The molecule has 0 heterocycles. The molecule has 1 nitrogen and oxygen atoms in total. The number of carbonyl (C=O) groups excluding carboxylic acids is 1. The molecule has 0 aromatic heterocycles. The number of Topliss-reactive ketones (excluding diaryl/α,β-unsaturated/α-hetero) is 1. The van der Waals surface area contributed by atoms with Gasteiger partial charge in [-0.15, -0.1) is 11.8 Å². The zero-order chi connectivity index (χ0) is 12.8. The van der Waals surface area contributed by atoms with Crippen molar-refractivity contribution in [1.29, 1.82) is 0 Å². The average Bonchev–Trinajstić information content (AvgIpc) is 2.40. The smallest absolute Gasteiger partial charge is 0.163 e. The van der Waals surface area contributed by atoms with Crippen LogP contribution in [-0.2, 0) is 0 Å². The quantitative estimate of drug-likeness (QED) is 0.581. The van der Waals surface area contributed by atoms with Gasteiger partial charge in [0.15, 0.2) is 5.78 Å². The molecular weight excluding hydrogens is 240 g/mol. The van der Waals surface area contributed by atoms with E-state index >= 15 is 0 Å². The van der Waals surface area contributed by atoms with Crippen LogP contribution in [0.4, 0.5) is 0 Å². The van der Waals surface area contributed by atoms with Gasteiger partial charge in [0, 0.05) is 22.1 Å². The van der Waals surface area contributed by atoms with E-state index in [1.54, 1.807) is 11.8 Å². The molecule has 0 spiro atoms.